The molecule has 3 aromatic carbocycles. The Balaban J connectivity index is 1.60. The Morgan fingerprint density at radius 1 is 0.960 bits per heavy atom. The van der Waals surface area contributed by atoms with Gasteiger partial charge in [0.05, 0.1) is 11.3 Å². The molecule has 0 fully saturated rings. The molecule has 0 saturated carbocycles. The van der Waals surface area contributed by atoms with E-state index in [0.29, 0.717) is 5.56 Å². The van der Waals surface area contributed by atoms with Crippen molar-refractivity contribution in [2.75, 3.05) is 0 Å². The van der Waals surface area contributed by atoms with Gasteiger partial charge in [-0.15, -0.1) is 0 Å². The first-order valence-corrected chi connectivity index (χ1v) is 8.89. The average molecular weight is 441 g/mol. The highest BCUT2D eigenvalue weighted by atomic mass is 127. The van der Waals surface area contributed by atoms with E-state index in [-0.39, 0.29) is 12.6 Å². The summed E-state index contributed by atoms with van der Waals surface area (Å²) in [6, 6.07) is 24.8. The number of aliphatic imine (C=N–C) groups is 1. The quantitative estimate of drug-likeness (QED) is 0.302. The molecule has 0 aliphatic carbocycles. The smallest absolute Gasteiger partial charge is 0.338 e. The third-order valence-corrected chi connectivity index (χ3v) is 4.20. The van der Waals surface area contributed by atoms with Crippen LogP contribution in [0.4, 0.5) is 5.69 Å². The lowest BCUT2D eigenvalue weighted by molar-refractivity contribution is 0.0472. The van der Waals surface area contributed by atoms with Crippen LogP contribution in [0.15, 0.2) is 83.9 Å². The summed E-state index contributed by atoms with van der Waals surface area (Å²) in [6.45, 7) is 0.273. The van der Waals surface area contributed by atoms with E-state index in [1.54, 1.807) is 18.3 Å². The molecular weight excluding hydrogens is 425 g/mol. The molecule has 124 valence electrons. The zero-order valence-electron chi connectivity index (χ0n) is 13.4. The summed E-state index contributed by atoms with van der Waals surface area (Å²) < 4.78 is 6.47. The van der Waals surface area contributed by atoms with E-state index in [1.165, 1.54) is 0 Å². The number of carbonyl (C=O) groups excluding carboxylic acids is 1. The average Bonchev–Trinajstić information content (AvgIpc) is 2.66. The molecule has 25 heavy (non-hydrogen) atoms. The molecule has 0 spiro atoms. The number of esters is 1. The molecule has 0 bridgehead atoms. The van der Waals surface area contributed by atoms with Crippen molar-refractivity contribution in [3.63, 3.8) is 0 Å². The minimum Gasteiger partial charge on any atom is -0.457 e. The van der Waals surface area contributed by atoms with Gasteiger partial charge < -0.3 is 4.74 Å². The first kappa shape index (κ1) is 17.4. The summed E-state index contributed by atoms with van der Waals surface area (Å²) in [5.74, 6) is -0.329. The summed E-state index contributed by atoms with van der Waals surface area (Å²) in [7, 11) is 0. The standard InChI is InChI=1S/C21H16INO2/c22-19-7-4-8-20(13-19)23-14-16-9-11-18(12-10-16)21(24)25-15-17-5-2-1-3-6-17/h1-14H,15H2. The number of nitrogens with zero attached hydrogens (tertiary/aromatic N) is 1. The van der Waals surface area contributed by atoms with Crippen molar-refractivity contribution < 1.29 is 9.53 Å². The lowest BCUT2D eigenvalue weighted by atomic mass is 10.1. The van der Waals surface area contributed by atoms with Crippen molar-refractivity contribution in [1.82, 2.24) is 0 Å². The number of hydrogen-bond donors (Lipinski definition) is 0. The van der Waals surface area contributed by atoms with E-state index in [4.69, 9.17) is 4.74 Å². The molecule has 0 radical (unpaired) electrons. The highest BCUT2D eigenvalue weighted by molar-refractivity contribution is 14.1. The highest BCUT2D eigenvalue weighted by Crippen LogP contribution is 2.15. The van der Waals surface area contributed by atoms with Gasteiger partial charge in [0.2, 0.25) is 0 Å². The Hall–Kier alpha value is -2.47. The first-order valence-electron chi connectivity index (χ1n) is 7.81. The number of rotatable bonds is 5. The monoisotopic (exact) mass is 441 g/mol. The van der Waals surface area contributed by atoms with Crippen LogP contribution in [0.2, 0.25) is 0 Å². The molecule has 0 unspecified atom stereocenters. The normalized spacial score (nSPS) is 10.8. The molecule has 0 aliphatic rings. The third-order valence-electron chi connectivity index (χ3n) is 3.53. The Morgan fingerprint density at radius 3 is 2.44 bits per heavy atom. The van der Waals surface area contributed by atoms with Crippen LogP contribution in [0.25, 0.3) is 0 Å². The Bertz CT molecular complexity index is 874. The van der Waals surface area contributed by atoms with Crippen molar-refractivity contribution in [2.45, 2.75) is 6.61 Å². The molecule has 4 heteroatoms. The van der Waals surface area contributed by atoms with Crippen LogP contribution in [0.1, 0.15) is 21.5 Å². The van der Waals surface area contributed by atoms with Crippen LogP contribution >= 0.6 is 22.6 Å². The zero-order chi connectivity index (χ0) is 17.5. The molecule has 0 N–H and O–H groups in total. The van der Waals surface area contributed by atoms with Crippen LogP contribution in [-0.4, -0.2) is 12.2 Å². The molecule has 3 nitrogen and oxygen atoms in total. The largest absolute Gasteiger partial charge is 0.457 e. The van der Waals surface area contributed by atoms with E-state index < -0.39 is 0 Å². The lowest BCUT2D eigenvalue weighted by Gasteiger charge is -2.05. The number of ether oxygens (including phenoxy) is 1. The van der Waals surface area contributed by atoms with E-state index >= 15 is 0 Å². The van der Waals surface area contributed by atoms with Gasteiger partial charge in [-0.2, -0.15) is 0 Å². The molecule has 3 aromatic rings. The Kier molecular flexibility index (Phi) is 5.95. The zero-order valence-corrected chi connectivity index (χ0v) is 15.6. The second-order valence-electron chi connectivity index (χ2n) is 5.42. The van der Waals surface area contributed by atoms with E-state index in [9.17, 15) is 4.79 Å². The van der Waals surface area contributed by atoms with Crippen LogP contribution in [0.5, 0.6) is 0 Å². The van der Waals surface area contributed by atoms with Gasteiger partial charge in [0.25, 0.3) is 0 Å². The SMILES string of the molecule is O=C(OCc1ccccc1)c1ccc(C=Nc2cccc(I)c2)cc1. The van der Waals surface area contributed by atoms with Crippen molar-refractivity contribution in [2.24, 2.45) is 4.99 Å². The fourth-order valence-electron chi connectivity index (χ4n) is 2.22. The van der Waals surface area contributed by atoms with Gasteiger partial charge in [0, 0.05) is 9.78 Å². The highest BCUT2D eigenvalue weighted by Gasteiger charge is 2.06. The molecule has 0 saturated heterocycles. The summed E-state index contributed by atoms with van der Waals surface area (Å²) in [6.07, 6.45) is 1.78. The Labute approximate surface area is 160 Å². The number of hydrogen-bond acceptors (Lipinski definition) is 3. The summed E-state index contributed by atoms with van der Waals surface area (Å²) in [4.78, 5) is 16.5. The minimum absolute atomic E-state index is 0.273. The summed E-state index contributed by atoms with van der Waals surface area (Å²) in [5.41, 5.74) is 3.33. The lowest BCUT2D eigenvalue weighted by Crippen LogP contribution is -2.05. The van der Waals surface area contributed by atoms with Crippen molar-refractivity contribution in [1.29, 1.82) is 0 Å². The maximum Gasteiger partial charge on any atom is 0.338 e. The molecule has 0 amide bonds. The topological polar surface area (TPSA) is 38.7 Å². The fraction of sp³-hybridized carbons (Fsp3) is 0.0476. The van der Waals surface area contributed by atoms with Gasteiger partial charge in [-0.05, 0) is 64.0 Å². The first-order chi connectivity index (χ1) is 12.2. The predicted molar refractivity (Wildman–Crippen MR) is 108 cm³/mol. The molecule has 0 aliphatic heterocycles. The predicted octanol–water partition coefficient (Wildman–Crippen LogP) is 5.40. The van der Waals surface area contributed by atoms with Gasteiger partial charge in [-0.1, -0.05) is 48.5 Å². The van der Waals surface area contributed by atoms with Crippen LogP contribution < -0.4 is 0 Å². The summed E-state index contributed by atoms with van der Waals surface area (Å²) in [5, 5.41) is 0. The molecular formula is C21H16INO2. The van der Waals surface area contributed by atoms with Crippen molar-refractivity contribution >= 4 is 40.5 Å². The second-order valence-corrected chi connectivity index (χ2v) is 6.67. The minimum atomic E-state index is -0.329. The van der Waals surface area contributed by atoms with E-state index in [2.05, 4.69) is 27.6 Å². The molecule has 0 atom stereocenters. The van der Waals surface area contributed by atoms with Crippen LogP contribution in [0, 0.1) is 3.57 Å². The van der Waals surface area contributed by atoms with Crippen molar-refractivity contribution in [3.8, 4) is 0 Å². The second kappa shape index (κ2) is 8.58. The number of halogens is 1. The van der Waals surface area contributed by atoms with E-state index in [1.807, 2.05) is 66.7 Å². The van der Waals surface area contributed by atoms with E-state index in [0.717, 1.165) is 20.4 Å². The molecule has 0 heterocycles. The van der Waals surface area contributed by atoms with Gasteiger partial charge in [-0.25, -0.2) is 4.79 Å². The van der Waals surface area contributed by atoms with Gasteiger partial charge in [-0.3, -0.25) is 4.99 Å². The fourth-order valence-corrected chi connectivity index (χ4v) is 2.74. The third kappa shape index (κ3) is 5.26. The summed E-state index contributed by atoms with van der Waals surface area (Å²) >= 11 is 2.26. The van der Waals surface area contributed by atoms with Crippen molar-refractivity contribution in [3.05, 3.63) is 99.1 Å². The maximum atomic E-state index is 12.1. The van der Waals surface area contributed by atoms with Gasteiger partial charge in [0.1, 0.15) is 6.61 Å². The van der Waals surface area contributed by atoms with Gasteiger partial charge >= 0.3 is 5.97 Å². The Morgan fingerprint density at radius 2 is 1.72 bits per heavy atom. The van der Waals surface area contributed by atoms with Crippen LogP contribution in [-0.2, 0) is 11.3 Å². The maximum absolute atomic E-state index is 12.1. The van der Waals surface area contributed by atoms with Gasteiger partial charge in [0.15, 0.2) is 0 Å². The molecule has 3 rings (SSSR count). The molecule has 0 aromatic heterocycles. The number of carbonyl (C=O) groups is 1. The number of benzene rings is 3. The van der Waals surface area contributed by atoms with Crippen LogP contribution in [0.3, 0.4) is 0 Å².